The fourth-order valence-corrected chi connectivity index (χ4v) is 2.92. The average Bonchev–Trinajstić information content (AvgIpc) is 2.51. The smallest absolute Gasteiger partial charge is 0.0367 e. The second kappa shape index (κ2) is 6.10. The van der Waals surface area contributed by atoms with Gasteiger partial charge < -0.3 is 4.90 Å². The third kappa shape index (κ3) is 3.02. The average molecular weight is 266 g/mol. The first kappa shape index (κ1) is 13.2. The third-order valence-corrected chi connectivity index (χ3v) is 4.11. The number of piperazine rings is 1. The Morgan fingerprint density at radius 3 is 2.20 bits per heavy atom. The van der Waals surface area contributed by atoms with Crippen molar-refractivity contribution in [2.45, 2.75) is 19.5 Å². The summed E-state index contributed by atoms with van der Waals surface area (Å²) in [4.78, 5) is 5.07. The molecule has 1 saturated heterocycles. The van der Waals surface area contributed by atoms with Gasteiger partial charge in [-0.05, 0) is 24.6 Å². The molecule has 0 spiro atoms. The molecule has 1 atom stereocenters. The summed E-state index contributed by atoms with van der Waals surface area (Å²) in [5.41, 5.74) is 2.76. The van der Waals surface area contributed by atoms with Crippen LogP contribution in [-0.2, 0) is 6.54 Å². The monoisotopic (exact) mass is 266 g/mol. The summed E-state index contributed by atoms with van der Waals surface area (Å²) in [5, 5.41) is 0. The maximum atomic E-state index is 2.58. The Hall–Kier alpha value is -1.80. The third-order valence-electron chi connectivity index (χ3n) is 4.11. The van der Waals surface area contributed by atoms with E-state index in [1.54, 1.807) is 0 Å². The molecule has 1 heterocycles. The number of nitrogens with zero attached hydrogens (tertiary/aromatic N) is 2. The van der Waals surface area contributed by atoms with E-state index in [1.807, 2.05) is 0 Å². The molecule has 0 radical (unpaired) electrons. The van der Waals surface area contributed by atoms with Crippen LogP contribution in [0.4, 0.5) is 5.69 Å². The first-order valence-corrected chi connectivity index (χ1v) is 7.41. The van der Waals surface area contributed by atoms with Crippen LogP contribution in [-0.4, -0.2) is 30.6 Å². The molecule has 1 aliphatic heterocycles. The molecule has 1 unspecified atom stereocenters. The van der Waals surface area contributed by atoms with Gasteiger partial charge in [-0.1, -0.05) is 48.5 Å². The van der Waals surface area contributed by atoms with E-state index in [4.69, 9.17) is 0 Å². The summed E-state index contributed by atoms with van der Waals surface area (Å²) >= 11 is 0. The van der Waals surface area contributed by atoms with Crippen LogP contribution in [0.15, 0.2) is 60.7 Å². The van der Waals surface area contributed by atoms with E-state index < -0.39 is 0 Å². The molecule has 0 aromatic heterocycles. The normalized spacial score (nSPS) is 20.1. The standard InChI is InChI=1S/C18H22N2/c1-16-14-20(18-10-6-3-7-11-18)13-12-19(16)15-17-8-4-2-5-9-17/h2-11,16H,12-15H2,1H3. The predicted molar refractivity (Wildman–Crippen MR) is 85.0 cm³/mol. The number of hydrogen-bond donors (Lipinski definition) is 0. The van der Waals surface area contributed by atoms with Crippen molar-refractivity contribution in [2.75, 3.05) is 24.5 Å². The predicted octanol–water partition coefficient (Wildman–Crippen LogP) is 3.40. The summed E-state index contributed by atoms with van der Waals surface area (Å²) < 4.78 is 0. The maximum Gasteiger partial charge on any atom is 0.0367 e. The SMILES string of the molecule is CC1CN(c2ccccc2)CCN1Cc1ccccc1. The molecular formula is C18H22N2. The number of hydrogen-bond acceptors (Lipinski definition) is 2. The molecule has 1 fully saturated rings. The molecule has 0 saturated carbocycles. The minimum absolute atomic E-state index is 0.587. The summed E-state index contributed by atoms with van der Waals surface area (Å²) in [5.74, 6) is 0. The van der Waals surface area contributed by atoms with Gasteiger partial charge in [0.2, 0.25) is 0 Å². The van der Waals surface area contributed by atoms with Crippen LogP contribution in [0.1, 0.15) is 12.5 Å². The molecule has 0 N–H and O–H groups in total. The van der Waals surface area contributed by atoms with Gasteiger partial charge in [-0.15, -0.1) is 0 Å². The number of anilines is 1. The maximum absolute atomic E-state index is 2.58. The van der Waals surface area contributed by atoms with E-state index in [0.717, 1.165) is 26.2 Å². The van der Waals surface area contributed by atoms with Gasteiger partial charge in [0, 0.05) is 37.9 Å². The Balaban J connectivity index is 1.63. The van der Waals surface area contributed by atoms with Crippen LogP contribution < -0.4 is 4.90 Å². The van der Waals surface area contributed by atoms with Gasteiger partial charge in [-0.2, -0.15) is 0 Å². The lowest BCUT2D eigenvalue weighted by Gasteiger charge is -2.41. The van der Waals surface area contributed by atoms with Crippen LogP contribution in [0.2, 0.25) is 0 Å². The summed E-state index contributed by atoms with van der Waals surface area (Å²) in [6.45, 7) is 6.74. The zero-order valence-corrected chi connectivity index (χ0v) is 12.1. The largest absolute Gasteiger partial charge is 0.369 e. The first-order chi connectivity index (χ1) is 9.83. The van der Waals surface area contributed by atoms with Gasteiger partial charge >= 0.3 is 0 Å². The van der Waals surface area contributed by atoms with Crippen molar-refractivity contribution in [1.82, 2.24) is 4.90 Å². The van der Waals surface area contributed by atoms with E-state index in [9.17, 15) is 0 Å². The van der Waals surface area contributed by atoms with Gasteiger partial charge in [0.15, 0.2) is 0 Å². The minimum atomic E-state index is 0.587. The van der Waals surface area contributed by atoms with Crippen molar-refractivity contribution in [3.05, 3.63) is 66.2 Å². The Morgan fingerprint density at radius 1 is 0.900 bits per heavy atom. The van der Waals surface area contributed by atoms with Crippen molar-refractivity contribution < 1.29 is 0 Å². The molecule has 1 aliphatic rings. The Kier molecular flexibility index (Phi) is 4.03. The Bertz CT molecular complexity index is 524. The molecule has 2 aromatic carbocycles. The second-order valence-electron chi connectivity index (χ2n) is 5.59. The van der Waals surface area contributed by atoms with Gasteiger partial charge in [-0.3, -0.25) is 4.90 Å². The van der Waals surface area contributed by atoms with Gasteiger partial charge in [0.1, 0.15) is 0 Å². The van der Waals surface area contributed by atoms with Crippen molar-refractivity contribution in [2.24, 2.45) is 0 Å². The fraction of sp³-hybridized carbons (Fsp3) is 0.333. The van der Waals surface area contributed by atoms with E-state index in [0.29, 0.717) is 6.04 Å². The number of benzene rings is 2. The van der Waals surface area contributed by atoms with Gasteiger partial charge in [0.25, 0.3) is 0 Å². The summed E-state index contributed by atoms with van der Waals surface area (Å²) in [6, 6.07) is 22.1. The topological polar surface area (TPSA) is 6.48 Å². The summed E-state index contributed by atoms with van der Waals surface area (Å²) in [6.07, 6.45) is 0. The van der Waals surface area contributed by atoms with E-state index in [-0.39, 0.29) is 0 Å². The van der Waals surface area contributed by atoms with Crippen molar-refractivity contribution >= 4 is 5.69 Å². The van der Waals surface area contributed by atoms with E-state index in [1.165, 1.54) is 11.3 Å². The lowest BCUT2D eigenvalue weighted by molar-refractivity contribution is 0.181. The van der Waals surface area contributed by atoms with Gasteiger partial charge in [-0.25, -0.2) is 0 Å². The zero-order valence-electron chi connectivity index (χ0n) is 12.1. The quantitative estimate of drug-likeness (QED) is 0.840. The molecule has 0 bridgehead atoms. The second-order valence-corrected chi connectivity index (χ2v) is 5.59. The summed E-state index contributed by atoms with van der Waals surface area (Å²) in [7, 11) is 0. The van der Waals surface area contributed by atoms with Crippen LogP contribution in [0.5, 0.6) is 0 Å². The van der Waals surface area contributed by atoms with Crippen LogP contribution >= 0.6 is 0 Å². The Labute approximate surface area is 121 Å². The molecule has 104 valence electrons. The molecule has 2 nitrogen and oxygen atoms in total. The molecule has 2 aromatic rings. The molecule has 2 heteroatoms. The highest BCUT2D eigenvalue weighted by atomic mass is 15.3. The minimum Gasteiger partial charge on any atom is -0.369 e. The molecule has 0 amide bonds. The van der Waals surface area contributed by atoms with Crippen molar-refractivity contribution in [3.8, 4) is 0 Å². The highest BCUT2D eigenvalue weighted by Crippen LogP contribution is 2.20. The fourth-order valence-electron chi connectivity index (χ4n) is 2.92. The van der Waals surface area contributed by atoms with Crippen LogP contribution in [0.3, 0.4) is 0 Å². The van der Waals surface area contributed by atoms with Crippen molar-refractivity contribution in [1.29, 1.82) is 0 Å². The van der Waals surface area contributed by atoms with E-state index >= 15 is 0 Å². The molecule has 3 rings (SSSR count). The zero-order chi connectivity index (χ0) is 13.8. The highest BCUT2D eigenvalue weighted by Gasteiger charge is 2.23. The van der Waals surface area contributed by atoms with Crippen molar-refractivity contribution in [3.63, 3.8) is 0 Å². The van der Waals surface area contributed by atoms with E-state index in [2.05, 4.69) is 77.4 Å². The number of rotatable bonds is 3. The molecule has 20 heavy (non-hydrogen) atoms. The van der Waals surface area contributed by atoms with Crippen LogP contribution in [0.25, 0.3) is 0 Å². The first-order valence-electron chi connectivity index (χ1n) is 7.41. The van der Waals surface area contributed by atoms with Crippen LogP contribution in [0, 0.1) is 0 Å². The number of para-hydroxylation sites is 1. The molecule has 0 aliphatic carbocycles. The highest BCUT2D eigenvalue weighted by molar-refractivity contribution is 5.46. The Morgan fingerprint density at radius 2 is 1.55 bits per heavy atom. The van der Waals surface area contributed by atoms with Gasteiger partial charge in [0.05, 0.1) is 0 Å². The molecular weight excluding hydrogens is 244 g/mol. The lowest BCUT2D eigenvalue weighted by Crippen LogP contribution is -2.51. The lowest BCUT2D eigenvalue weighted by atomic mass is 10.1.